The van der Waals surface area contributed by atoms with Crippen LogP contribution in [-0.2, 0) is 4.79 Å². The second-order valence-corrected chi connectivity index (χ2v) is 4.17. The number of benzene rings is 1. The highest BCUT2D eigenvalue weighted by molar-refractivity contribution is 6.33. The molecule has 1 aromatic carbocycles. The Morgan fingerprint density at radius 1 is 1.20 bits per heavy atom. The van der Waals surface area contributed by atoms with E-state index in [2.05, 4.69) is 25.6 Å². The molecule has 4 N–H and O–H groups in total. The topological polar surface area (TPSA) is 120 Å². The average molecular weight is 296 g/mol. The summed E-state index contributed by atoms with van der Waals surface area (Å²) in [5.74, 6) is -0.314. The maximum Gasteiger partial charge on any atom is 0.321 e. The zero-order chi connectivity index (χ0) is 14.7. The Labute approximate surface area is 118 Å². The fourth-order valence-corrected chi connectivity index (χ4v) is 1.60. The Bertz CT molecular complexity index is 644. The molecular weight excluding hydrogens is 286 g/mol. The van der Waals surface area contributed by atoms with E-state index in [4.69, 9.17) is 21.8 Å². The van der Waals surface area contributed by atoms with E-state index >= 15 is 0 Å². The van der Waals surface area contributed by atoms with Crippen molar-refractivity contribution in [1.29, 1.82) is 0 Å². The van der Waals surface area contributed by atoms with Gasteiger partial charge in [0.2, 0.25) is 11.9 Å². The molecule has 0 aliphatic rings. The molecule has 8 nitrogen and oxygen atoms in total. The smallest absolute Gasteiger partial charge is 0.321 e. The summed E-state index contributed by atoms with van der Waals surface area (Å²) in [6, 6.07) is 3.48. The van der Waals surface area contributed by atoms with Crippen LogP contribution in [0.1, 0.15) is 6.92 Å². The van der Waals surface area contributed by atoms with Crippen LogP contribution in [0.2, 0.25) is 5.02 Å². The number of rotatable bonds is 3. The largest absolute Gasteiger partial charge is 0.479 e. The van der Waals surface area contributed by atoms with Crippen molar-refractivity contribution < 1.29 is 15.0 Å². The molecular formula is C11H10ClN5O3. The molecule has 0 spiro atoms. The molecule has 0 bridgehead atoms. The molecule has 20 heavy (non-hydrogen) atoms. The van der Waals surface area contributed by atoms with Gasteiger partial charge in [0.15, 0.2) is 0 Å². The Hall–Kier alpha value is -2.61. The van der Waals surface area contributed by atoms with Gasteiger partial charge >= 0.3 is 12.0 Å². The lowest BCUT2D eigenvalue weighted by Gasteiger charge is -2.09. The summed E-state index contributed by atoms with van der Waals surface area (Å²) in [6.07, 6.45) is 0. The van der Waals surface area contributed by atoms with Crippen molar-refractivity contribution in [3.63, 3.8) is 0 Å². The summed E-state index contributed by atoms with van der Waals surface area (Å²) in [7, 11) is 0. The molecule has 0 radical (unpaired) electrons. The van der Waals surface area contributed by atoms with Gasteiger partial charge in [0.1, 0.15) is 0 Å². The third-order valence-corrected chi connectivity index (χ3v) is 2.47. The fourth-order valence-electron chi connectivity index (χ4n) is 1.43. The zero-order valence-corrected chi connectivity index (χ0v) is 11.0. The Morgan fingerprint density at radius 3 is 2.45 bits per heavy atom. The minimum atomic E-state index is -0.630. The van der Waals surface area contributed by atoms with Crippen molar-refractivity contribution in [1.82, 2.24) is 15.0 Å². The van der Waals surface area contributed by atoms with Gasteiger partial charge in [0, 0.05) is 12.6 Å². The number of halogens is 1. The fraction of sp³-hybridized carbons (Fsp3) is 0.0909. The van der Waals surface area contributed by atoms with Crippen molar-refractivity contribution in [2.24, 2.45) is 0 Å². The first-order chi connectivity index (χ1) is 9.44. The molecule has 0 fully saturated rings. The minimum Gasteiger partial charge on any atom is -0.479 e. The van der Waals surface area contributed by atoms with Crippen LogP contribution in [0.15, 0.2) is 18.2 Å². The number of aromatic hydroxyl groups is 2. The molecule has 9 heteroatoms. The summed E-state index contributed by atoms with van der Waals surface area (Å²) < 4.78 is 0. The van der Waals surface area contributed by atoms with Crippen molar-refractivity contribution in [2.45, 2.75) is 6.92 Å². The third-order valence-electron chi connectivity index (χ3n) is 2.15. The second-order valence-electron chi connectivity index (χ2n) is 3.76. The summed E-state index contributed by atoms with van der Waals surface area (Å²) in [5, 5.41) is 24.0. The standard InChI is InChI=1S/C11H10ClN5O3/c1-5(18)13-6-2-3-7(12)8(4-6)14-9-15-10(19)17-11(20)16-9/h2-4H,1H3,(H,13,18)(H3,14,15,16,17,19,20). The highest BCUT2D eigenvalue weighted by atomic mass is 35.5. The van der Waals surface area contributed by atoms with E-state index in [-0.39, 0.29) is 11.9 Å². The maximum absolute atomic E-state index is 11.0. The van der Waals surface area contributed by atoms with E-state index in [1.807, 2.05) is 0 Å². The molecule has 104 valence electrons. The number of hydrogen-bond donors (Lipinski definition) is 4. The molecule has 1 amide bonds. The molecule has 0 saturated heterocycles. The lowest BCUT2D eigenvalue weighted by molar-refractivity contribution is -0.114. The predicted octanol–water partition coefficient (Wildman–Crippen LogP) is 1.64. The van der Waals surface area contributed by atoms with Crippen molar-refractivity contribution in [2.75, 3.05) is 10.6 Å². The van der Waals surface area contributed by atoms with Crippen LogP contribution in [0.5, 0.6) is 12.0 Å². The van der Waals surface area contributed by atoms with Gasteiger partial charge in [-0.1, -0.05) is 11.6 Å². The van der Waals surface area contributed by atoms with E-state index in [1.54, 1.807) is 18.2 Å². The van der Waals surface area contributed by atoms with Crippen LogP contribution in [0.25, 0.3) is 0 Å². The number of amides is 1. The lowest BCUT2D eigenvalue weighted by atomic mass is 10.2. The SMILES string of the molecule is CC(=O)Nc1ccc(Cl)c(Nc2nc(O)nc(O)n2)c1. The summed E-state index contributed by atoms with van der Waals surface area (Å²) in [5.41, 5.74) is 0.912. The van der Waals surface area contributed by atoms with E-state index in [1.165, 1.54) is 6.92 Å². The lowest BCUT2D eigenvalue weighted by Crippen LogP contribution is -2.06. The van der Waals surface area contributed by atoms with E-state index in [0.717, 1.165) is 0 Å². The molecule has 0 atom stereocenters. The summed E-state index contributed by atoms with van der Waals surface area (Å²) >= 11 is 5.99. The van der Waals surface area contributed by atoms with Crippen molar-refractivity contribution in [3.05, 3.63) is 23.2 Å². The Kier molecular flexibility index (Phi) is 3.85. The zero-order valence-electron chi connectivity index (χ0n) is 10.3. The molecule has 1 aromatic heterocycles. The van der Waals surface area contributed by atoms with Crippen LogP contribution in [0, 0.1) is 0 Å². The Balaban J connectivity index is 2.29. The monoisotopic (exact) mass is 295 g/mol. The predicted molar refractivity (Wildman–Crippen MR) is 72.2 cm³/mol. The van der Waals surface area contributed by atoms with Crippen LogP contribution in [0.3, 0.4) is 0 Å². The molecule has 0 aliphatic carbocycles. The molecule has 0 unspecified atom stereocenters. The van der Waals surface area contributed by atoms with Crippen LogP contribution < -0.4 is 10.6 Å². The first kappa shape index (κ1) is 13.8. The summed E-state index contributed by atoms with van der Waals surface area (Å²) in [4.78, 5) is 21.4. The Morgan fingerprint density at radius 2 is 1.85 bits per heavy atom. The van der Waals surface area contributed by atoms with Crippen LogP contribution in [0.4, 0.5) is 17.3 Å². The van der Waals surface area contributed by atoms with E-state index in [9.17, 15) is 4.79 Å². The van der Waals surface area contributed by atoms with Gasteiger partial charge in [-0.05, 0) is 18.2 Å². The molecule has 0 aliphatic heterocycles. The summed E-state index contributed by atoms with van der Waals surface area (Å²) in [6.45, 7) is 1.38. The number of nitrogens with zero attached hydrogens (tertiary/aromatic N) is 3. The van der Waals surface area contributed by atoms with Gasteiger partial charge in [-0.15, -0.1) is 4.98 Å². The molecule has 2 aromatic rings. The van der Waals surface area contributed by atoms with Crippen molar-refractivity contribution >= 4 is 34.8 Å². The van der Waals surface area contributed by atoms with Crippen molar-refractivity contribution in [3.8, 4) is 12.0 Å². The van der Waals surface area contributed by atoms with E-state index in [0.29, 0.717) is 16.4 Å². The minimum absolute atomic E-state index is 0.0862. The van der Waals surface area contributed by atoms with E-state index < -0.39 is 12.0 Å². The first-order valence-corrected chi connectivity index (χ1v) is 5.80. The van der Waals surface area contributed by atoms with Gasteiger partial charge in [-0.25, -0.2) is 0 Å². The quantitative estimate of drug-likeness (QED) is 0.679. The number of carbonyl (C=O) groups excluding carboxylic acids is 1. The highest BCUT2D eigenvalue weighted by Gasteiger charge is 2.08. The van der Waals surface area contributed by atoms with Gasteiger partial charge in [0.05, 0.1) is 10.7 Å². The number of hydrogen-bond acceptors (Lipinski definition) is 7. The van der Waals surface area contributed by atoms with Gasteiger partial charge in [-0.3, -0.25) is 4.79 Å². The normalized spacial score (nSPS) is 10.1. The number of anilines is 3. The maximum atomic E-state index is 11.0. The van der Waals surface area contributed by atoms with Gasteiger partial charge < -0.3 is 20.8 Å². The first-order valence-electron chi connectivity index (χ1n) is 5.42. The second kappa shape index (κ2) is 5.57. The molecule has 1 heterocycles. The van der Waals surface area contributed by atoms with Crippen LogP contribution >= 0.6 is 11.6 Å². The highest BCUT2D eigenvalue weighted by Crippen LogP contribution is 2.28. The molecule has 2 rings (SSSR count). The third kappa shape index (κ3) is 3.45. The number of nitrogens with one attached hydrogen (secondary N) is 2. The number of aromatic nitrogens is 3. The average Bonchev–Trinajstić information content (AvgIpc) is 2.31. The van der Waals surface area contributed by atoms with Gasteiger partial charge in [0.25, 0.3) is 0 Å². The number of carbonyl (C=O) groups is 1. The molecule has 0 saturated carbocycles. The van der Waals surface area contributed by atoms with Crippen LogP contribution in [-0.4, -0.2) is 31.1 Å². The van der Waals surface area contributed by atoms with Gasteiger partial charge in [-0.2, -0.15) is 9.97 Å².